The lowest BCUT2D eigenvalue weighted by molar-refractivity contribution is -0.135. The highest BCUT2D eigenvalue weighted by Gasteiger charge is 2.70. The number of aromatic amines is 2. The summed E-state index contributed by atoms with van der Waals surface area (Å²) in [6, 6.07) is 23.0. The summed E-state index contributed by atoms with van der Waals surface area (Å²) in [7, 11) is 0. The lowest BCUT2D eigenvalue weighted by Gasteiger charge is -2.34. The number of rotatable bonds is 7. The summed E-state index contributed by atoms with van der Waals surface area (Å²) in [5.74, 6) is 2.48. The van der Waals surface area contributed by atoms with Gasteiger partial charge in [0.2, 0.25) is 11.8 Å². The summed E-state index contributed by atoms with van der Waals surface area (Å²) in [5.41, 5.74) is 9.14. The average molecular weight is 822 g/mol. The number of fused-ring (bicyclic) bond motifs is 2. The Bertz CT molecular complexity index is 2380. The Labute approximate surface area is 362 Å². The molecule has 2 amide bonds. The molecule has 2 N–H and O–H groups in total. The van der Waals surface area contributed by atoms with E-state index in [0.717, 1.165) is 85.3 Å². The summed E-state index contributed by atoms with van der Waals surface area (Å²) in [5, 5.41) is 0. The molecule has 0 spiro atoms. The van der Waals surface area contributed by atoms with Crippen LogP contribution in [0.5, 0.6) is 0 Å². The van der Waals surface area contributed by atoms with E-state index >= 15 is 0 Å². The van der Waals surface area contributed by atoms with Crippen molar-refractivity contribution in [2.24, 2.45) is 33.5 Å². The van der Waals surface area contributed by atoms with Gasteiger partial charge in [-0.05, 0) is 119 Å². The maximum Gasteiger partial charge on any atom is 0.227 e. The third-order valence-electron chi connectivity index (χ3n) is 17.5. The van der Waals surface area contributed by atoms with Crippen LogP contribution < -0.4 is 4.90 Å². The van der Waals surface area contributed by atoms with Crippen LogP contribution in [0.3, 0.4) is 0 Å². The molecule has 3 saturated heterocycles. The van der Waals surface area contributed by atoms with Crippen LogP contribution in [0.4, 0.5) is 5.69 Å². The maximum atomic E-state index is 14.0. The number of H-pyrrole nitrogens is 2. The van der Waals surface area contributed by atoms with Crippen LogP contribution in [-0.2, 0) is 15.0 Å². The van der Waals surface area contributed by atoms with Crippen molar-refractivity contribution in [3.05, 3.63) is 89.0 Å². The molecular weight excluding hydrogens is 755 g/mol. The molecule has 0 radical (unpaired) electrons. The molecule has 2 saturated carbocycles. The number of hydrogen-bond acceptors (Lipinski definition) is 5. The highest BCUT2D eigenvalue weighted by Crippen LogP contribution is 2.70. The third-order valence-corrected chi connectivity index (χ3v) is 17.5. The molecule has 1 unspecified atom stereocenters. The smallest absolute Gasteiger partial charge is 0.227 e. The Hall–Kier alpha value is -4.66. The van der Waals surface area contributed by atoms with Gasteiger partial charge >= 0.3 is 0 Å². The van der Waals surface area contributed by atoms with Gasteiger partial charge in [-0.25, -0.2) is 9.97 Å². The maximum absolute atomic E-state index is 14.0. The first-order chi connectivity index (χ1) is 28.7. The predicted octanol–water partition coefficient (Wildman–Crippen LogP) is 11.5. The number of carbonyl (C=O) groups is 2. The summed E-state index contributed by atoms with van der Waals surface area (Å²) < 4.78 is 0. The van der Waals surface area contributed by atoms with Crippen molar-refractivity contribution in [2.45, 2.75) is 144 Å². The van der Waals surface area contributed by atoms with Crippen LogP contribution in [-0.4, -0.2) is 54.6 Å². The molecule has 61 heavy (non-hydrogen) atoms. The second-order valence-corrected chi connectivity index (χ2v) is 22.7. The zero-order valence-corrected chi connectivity index (χ0v) is 38.4. The molecule has 322 valence electrons. The molecule has 9 nitrogen and oxygen atoms in total. The minimum atomic E-state index is -0.0168. The van der Waals surface area contributed by atoms with E-state index in [2.05, 4.69) is 161 Å². The minimum absolute atomic E-state index is 0.00889. The standard InChI is InChI=1S/C52H67N7O2/c1-48(2,3)32-18-20-33(21-19-32)59-38(30-16-22-34-36(28-30)55-44(53-34)40-14-12-26-57(40)46(60)42-49(4,5)50(42,6)7)24-25-39(59)31-17-23-35-37(29-31)56-45(54-35)41-15-13-27-58(41)47(61)43-51(8,9)52(43,10)11/h16-23,28-29,38-43H,12-15,24-27H2,1-11H3,(H,53,55)(H,54,56)/t38-,39?,40+,41+/m1/s1. The fourth-order valence-electron chi connectivity index (χ4n) is 12.4. The van der Waals surface area contributed by atoms with Crippen LogP contribution in [0.15, 0.2) is 60.7 Å². The highest BCUT2D eigenvalue weighted by molar-refractivity contribution is 5.86. The summed E-state index contributed by atoms with van der Waals surface area (Å²) in [6.07, 6.45) is 5.89. The molecule has 2 aliphatic carbocycles. The number of hydrogen-bond donors (Lipinski definition) is 2. The van der Waals surface area contributed by atoms with Crippen LogP contribution in [0.25, 0.3) is 22.1 Å². The van der Waals surface area contributed by atoms with Crippen LogP contribution in [0.2, 0.25) is 0 Å². The molecule has 2 aromatic heterocycles. The van der Waals surface area contributed by atoms with E-state index in [1.807, 2.05) is 0 Å². The average Bonchev–Trinajstić information content (AvgIpc) is 3.90. The van der Waals surface area contributed by atoms with E-state index in [0.29, 0.717) is 0 Å². The molecule has 5 heterocycles. The van der Waals surface area contributed by atoms with E-state index in [-0.39, 0.29) is 74.9 Å². The van der Waals surface area contributed by atoms with E-state index in [1.54, 1.807) is 0 Å². The summed E-state index contributed by atoms with van der Waals surface area (Å²) in [6.45, 7) is 26.3. The Morgan fingerprint density at radius 3 is 1.36 bits per heavy atom. The Morgan fingerprint density at radius 1 is 0.574 bits per heavy atom. The van der Waals surface area contributed by atoms with Crippen LogP contribution in [0, 0.1) is 33.5 Å². The SMILES string of the molecule is CC(C)(C)c1ccc(N2C(c3ccc4nc([C@@H]5CCCN5C(=O)C5C(C)(C)C5(C)C)[nH]c4c3)CC[C@@H]2c2ccc3nc([C@@H]4CCCN4C(=O)C4C(C)(C)C4(C)C)[nH]c3c2)cc1. The number of likely N-dealkylation sites (tertiary alicyclic amines) is 2. The van der Waals surface area contributed by atoms with Gasteiger partial charge in [-0.2, -0.15) is 0 Å². The highest BCUT2D eigenvalue weighted by atomic mass is 16.2. The van der Waals surface area contributed by atoms with Gasteiger partial charge in [0.05, 0.1) is 46.2 Å². The second-order valence-electron chi connectivity index (χ2n) is 22.7. The summed E-state index contributed by atoms with van der Waals surface area (Å²) >= 11 is 0. The first-order valence-electron chi connectivity index (χ1n) is 23.2. The second kappa shape index (κ2) is 13.4. The molecule has 4 atom stereocenters. The molecule has 10 rings (SSSR count). The molecule has 3 aromatic carbocycles. The van der Waals surface area contributed by atoms with E-state index in [1.165, 1.54) is 22.4 Å². The fourth-order valence-corrected chi connectivity index (χ4v) is 12.4. The Morgan fingerprint density at radius 2 is 0.984 bits per heavy atom. The number of aromatic nitrogens is 4. The van der Waals surface area contributed by atoms with Gasteiger partial charge in [-0.15, -0.1) is 0 Å². The van der Waals surface area contributed by atoms with Crippen LogP contribution >= 0.6 is 0 Å². The van der Waals surface area contributed by atoms with Crippen LogP contribution in [0.1, 0.15) is 167 Å². The van der Waals surface area contributed by atoms with E-state index in [9.17, 15) is 9.59 Å². The lowest BCUT2D eigenvalue weighted by Crippen LogP contribution is -2.34. The Balaban J connectivity index is 0.950. The number of nitrogens with zero attached hydrogens (tertiary/aromatic N) is 5. The first-order valence-corrected chi connectivity index (χ1v) is 23.2. The number of nitrogens with one attached hydrogen (secondary N) is 2. The van der Waals surface area contributed by atoms with E-state index < -0.39 is 0 Å². The van der Waals surface area contributed by atoms with Gasteiger partial charge < -0.3 is 24.7 Å². The number of benzene rings is 3. The zero-order chi connectivity index (χ0) is 43.2. The fraction of sp³-hybridized carbons (Fsp3) is 0.577. The zero-order valence-electron chi connectivity index (χ0n) is 38.4. The normalized spacial score (nSPS) is 26.8. The molecular formula is C52H67N7O2. The number of anilines is 1. The number of carbonyl (C=O) groups excluding carboxylic acids is 2. The quantitative estimate of drug-likeness (QED) is 0.170. The topological polar surface area (TPSA) is 101 Å². The van der Waals surface area contributed by atoms with Crippen molar-refractivity contribution in [1.82, 2.24) is 29.7 Å². The van der Waals surface area contributed by atoms with Crippen molar-refractivity contribution in [1.29, 1.82) is 0 Å². The monoisotopic (exact) mass is 822 g/mol. The number of imidazole rings is 2. The minimum Gasteiger partial charge on any atom is -0.357 e. The molecule has 5 aromatic rings. The third kappa shape index (κ3) is 6.12. The van der Waals surface area contributed by atoms with E-state index in [4.69, 9.17) is 9.97 Å². The summed E-state index contributed by atoms with van der Waals surface area (Å²) in [4.78, 5) is 52.5. The van der Waals surface area contributed by atoms with Crippen molar-refractivity contribution in [3.8, 4) is 0 Å². The van der Waals surface area contributed by atoms with Gasteiger partial charge in [0.25, 0.3) is 0 Å². The predicted molar refractivity (Wildman–Crippen MR) is 244 cm³/mol. The van der Waals surface area contributed by atoms with Crippen molar-refractivity contribution in [3.63, 3.8) is 0 Å². The molecule has 5 aliphatic rings. The van der Waals surface area contributed by atoms with Crippen molar-refractivity contribution >= 4 is 39.6 Å². The molecule has 5 fully saturated rings. The molecule has 3 aliphatic heterocycles. The van der Waals surface area contributed by atoms with Gasteiger partial charge in [0, 0.05) is 30.6 Å². The van der Waals surface area contributed by atoms with Crippen molar-refractivity contribution in [2.75, 3.05) is 18.0 Å². The van der Waals surface area contributed by atoms with Gasteiger partial charge in [-0.3, -0.25) is 9.59 Å². The first kappa shape index (κ1) is 40.4. The molecule has 0 bridgehead atoms. The lowest BCUT2D eigenvalue weighted by atomic mass is 9.87. The largest absolute Gasteiger partial charge is 0.357 e. The number of amides is 2. The molecule has 9 heteroatoms. The van der Waals surface area contributed by atoms with Gasteiger partial charge in [0.1, 0.15) is 11.6 Å². The Kier molecular flexibility index (Phi) is 8.89. The van der Waals surface area contributed by atoms with Crippen molar-refractivity contribution < 1.29 is 9.59 Å². The van der Waals surface area contributed by atoms with Gasteiger partial charge in [-0.1, -0.05) is 100 Å². The van der Waals surface area contributed by atoms with Gasteiger partial charge in [0.15, 0.2) is 0 Å².